The third-order valence-corrected chi connectivity index (χ3v) is 3.44. The van der Waals surface area contributed by atoms with Gasteiger partial charge in [0.25, 0.3) is 5.91 Å². The van der Waals surface area contributed by atoms with E-state index in [1.54, 1.807) is 17.0 Å². The predicted octanol–water partition coefficient (Wildman–Crippen LogP) is 2.74. The van der Waals surface area contributed by atoms with Crippen LogP contribution in [0.3, 0.4) is 0 Å². The van der Waals surface area contributed by atoms with Gasteiger partial charge in [-0.1, -0.05) is 18.2 Å². The number of benzene rings is 1. The van der Waals surface area contributed by atoms with Gasteiger partial charge in [-0.25, -0.2) is 0 Å². The van der Waals surface area contributed by atoms with E-state index >= 15 is 0 Å². The first kappa shape index (κ1) is 17.8. The van der Waals surface area contributed by atoms with Gasteiger partial charge in [-0.2, -0.15) is 13.2 Å². The highest BCUT2D eigenvalue weighted by molar-refractivity contribution is 5.95. The SMILES string of the molecule is Cc1ccccc1C(=O)N1CCN(CC(F)(F)F)CC1.Cl. The maximum atomic E-state index is 12.3. The van der Waals surface area contributed by atoms with E-state index in [1.807, 2.05) is 19.1 Å². The molecule has 1 aromatic carbocycles. The Bertz CT molecular complexity index is 485. The molecular weight excluding hydrogens is 305 g/mol. The molecule has 0 saturated carbocycles. The number of amides is 1. The van der Waals surface area contributed by atoms with Crippen LogP contribution < -0.4 is 0 Å². The number of halogens is 4. The Hall–Kier alpha value is -1.27. The Morgan fingerprint density at radius 1 is 1.14 bits per heavy atom. The molecule has 1 saturated heterocycles. The monoisotopic (exact) mass is 322 g/mol. The second-order valence-electron chi connectivity index (χ2n) is 5.00. The first-order valence-electron chi connectivity index (χ1n) is 6.51. The van der Waals surface area contributed by atoms with E-state index in [1.165, 1.54) is 4.90 Å². The molecular formula is C14H18ClF3N2O. The molecule has 1 amide bonds. The summed E-state index contributed by atoms with van der Waals surface area (Å²) in [5, 5.41) is 0. The number of piperazine rings is 1. The van der Waals surface area contributed by atoms with Crippen molar-refractivity contribution in [2.45, 2.75) is 13.1 Å². The Kier molecular flexibility index (Phi) is 6.04. The average molecular weight is 323 g/mol. The van der Waals surface area contributed by atoms with Gasteiger partial charge in [0.05, 0.1) is 6.54 Å². The van der Waals surface area contributed by atoms with Crippen molar-refractivity contribution in [1.29, 1.82) is 0 Å². The lowest BCUT2D eigenvalue weighted by Crippen LogP contribution is -2.51. The molecule has 0 atom stereocenters. The Labute approximate surface area is 128 Å². The normalized spacial score (nSPS) is 16.5. The molecule has 2 rings (SSSR count). The number of hydrogen-bond donors (Lipinski definition) is 0. The lowest BCUT2D eigenvalue weighted by atomic mass is 10.1. The highest BCUT2D eigenvalue weighted by Crippen LogP contribution is 2.18. The molecule has 1 aliphatic heterocycles. The summed E-state index contributed by atoms with van der Waals surface area (Å²) in [4.78, 5) is 15.3. The van der Waals surface area contributed by atoms with Crippen LogP contribution in [0.2, 0.25) is 0 Å². The highest BCUT2D eigenvalue weighted by Gasteiger charge is 2.33. The minimum absolute atomic E-state index is 0. The summed E-state index contributed by atoms with van der Waals surface area (Å²) in [5.74, 6) is -0.102. The quantitative estimate of drug-likeness (QED) is 0.836. The van der Waals surface area contributed by atoms with Gasteiger partial charge >= 0.3 is 6.18 Å². The molecule has 0 radical (unpaired) electrons. The number of nitrogens with zero attached hydrogens (tertiary/aromatic N) is 2. The summed E-state index contributed by atoms with van der Waals surface area (Å²) in [6.45, 7) is 2.15. The van der Waals surface area contributed by atoms with Crippen molar-refractivity contribution in [3.63, 3.8) is 0 Å². The fourth-order valence-corrected chi connectivity index (χ4v) is 2.35. The van der Waals surface area contributed by atoms with Gasteiger partial charge in [-0.15, -0.1) is 12.4 Å². The van der Waals surface area contributed by atoms with Crippen molar-refractivity contribution in [3.8, 4) is 0 Å². The van der Waals surface area contributed by atoms with Gasteiger partial charge in [0.15, 0.2) is 0 Å². The Morgan fingerprint density at radius 2 is 1.71 bits per heavy atom. The lowest BCUT2D eigenvalue weighted by molar-refractivity contribution is -0.148. The summed E-state index contributed by atoms with van der Waals surface area (Å²) in [7, 11) is 0. The number of carbonyl (C=O) groups is 1. The van der Waals surface area contributed by atoms with Gasteiger partial charge in [-0.3, -0.25) is 9.69 Å². The van der Waals surface area contributed by atoms with Crippen LogP contribution in [0.15, 0.2) is 24.3 Å². The van der Waals surface area contributed by atoms with Crippen LogP contribution in [0, 0.1) is 6.92 Å². The van der Waals surface area contributed by atoms with Crippen LogP contribution in [0.1, 0.15) is 15.9 Å². The maximum Gasteiger partial charge on any atom is 0.401 e. The van der Waals surface area contributed by atoms with Crippen LogP contribution in [0.25, 0.3) is 0 Å². The van der Waals surface area contributed by atoms with Crippen molar-refractivity contribution < 1.29 is 18.0 Å². The molecule has 0 spiro atoms. The van der Waals surface area contributed by atoms with E-state index in [2.05, 4.69) is 0 Å². The molecule has 1 heterocycles. The Balaban J connectivity index is 0.00000220. The highest BCUT2D eigenvalue weighted by atomic mass is 35.5. The minimum Gasteiger partial charge on any atom is -0.336 e. The molecule has 0 bridgehead atoms. The van der Waals surface area contributed by atoms with Gasteiger partial charge < -0.3 is 4.90 Å². The van der Waals surface area contributed by atoms with E-state index < -0.39 is 12.7 Å². The Morgan fingerprint density at radius 3 is 2.24 bits per heavy atom. The second kappa shape index (κ2) is 7.13. The van der Waals surface area contributed by atoms with E-state index in [4.69, 9.17) is 0 Å². The van der Waals surface area contributed by atoms with E-state index in [9.17, 15) is 18.0 Å². The topological polar surface area (TPSA) is 23.6 Å². The van der Waals surface area contributed by atoms with Gasteiger partial charge in [0, 0.05) is 31.7 Å². The second-order valence-corrected chi connectivity index (χ2v) is 5.00. The maximum absolute atomic E-state index is 12.3. The first-order chi connectivity index (χ1) is 9.37. The summed E-state index contributed by atoms with van der Waals surface area (Å²) in [5.41, 5.74) is 1.51. The largest absolute Gasteiger partial charge is 0.401 e. The van der Waals surface area contributed by atoms with E-state index in [-0.39, 0.29) is 31.4 Å². The number of hydrogen-bond acceptors (Lipinski definition) is 2. The average Bonchev–Trinajstić information content (AvgIpc) is 2.37. The van der Waals surface area contributed by atoms with Crippen molar-refractivity contribution in [3.05, 3.63) is 35.4 Å². The van der Waals surface area contributed by atoms with Crippen LogP contribution in [-0.2, 0) is 0 Å². The fraction of sp³-hybridized carbons (Fsp3) is 0.500. The standard InChI is InChI=1S/C14H17F3N2O.ClH/c1-11-4-2-3-5-12(11)13(20)19-8-6-18(7-9-19)10-14(15,16)17;/h2-5H,6-10H2,1H3;1H. The minimum atomic E-state index is -4.18. The molecule has 21 heavy (non-hydrogen) atoms. The van der Waals surface area contributed by atoms with E-state index in [0.717, 1.165) is 5.56 Å². The first-order valence-corrected chi connectivity index (χ1v) is 6.51. The molecule has 1 aromatic rings. The zero-order valence-electron chi connectivity index (χ0n) is 11.7. The van der Waals surface area contributed by atoms with Gasteiger partial charge in [0.1, 0.15) is 0 Å². The zero-order valence-corrected chi connectivity index (χ0v) is 12.5. The number of rotatable bonds is 2. The van der Waals surface area contributed by atoms with Crippen LogP contribution in [0.4, 0.5) is 13.2 Å². The lowest BCUT2D eigenvalue weighted by Gasteiger charge is -2.35. The van der Waals surface area contributed by atoms with E-state index in [0.29, 0.717) is 18.7 Å². The van der Waals surface area contributed by atoms with Crippen LogP contribution >= 0.6 is 12.4 Å². The summed E-state index contributed by atoms with van der Waals surface area (Å²) >= 11 is 0. The smallest absolute Gasteiger partial charge is 0.336 e. The molecule has 0 aromatic heterocycles. The molecule has 1 aliphatic rings. The van der Waals surface area contributed by atoms with Crippen LogP contribution in [0.5, 0.6) is 0 Å². The van der Waals surface area contributed by atoms with Crippen molar-refractivity contribution in [1.82, 2.24) is 9.80 Å². The van der Waals surface area contributed by atoms with Crippen molar-refractivity contribution >= 4 is 18.3 Å². The third kappa shape index (κ3) is 4.89. The zero-order chi connectivity index (χ0) is 14.8. The van der Waals surface area contributed by atoms with Crippen molar-refractivity contribution in [2.75, 3.05) is 32.7 Å². The third-order valence-electron chi connectivity index (χ3n) is 3.44. The molecule has 118 valence electrons. The molecule has 0 unspecified atom stereocenters. The summed E-state index contributed by atoms with van der Waals surface area (Å²) in [6, 6.07) is 7.25. The van der Waals surface area contributed by atoms with Crippen LogP contribution in [-0.4, -0.2) is 54.6 Å². The number of aryl methyl sites for hydroxylation is 1. The number of carbonyl (C=O) groups excluding carboxylic acids is 1. The fourth-order valence-electron chi connectivity index (χ4n) is 2.35. The van der Waals surface area contributed by atoms with Crippen molar-refractivity contribution in [2.24, 2.45) is 0 Å². The number of alkyl halides is 3. The molecule has 3 nitrogen and oxygen atoms in total. The predicted molar refractivity (Wildman–Crippen MR) is 76.8 cm³/mol. The molecule has 0 aliphatic carbocycles. The molecule has 7 heteroatoms. The molecule has 0 N–H and O–H groups in total. The molecule has 1 fully saturated rings. The van der Waals surface area contributed by atoms with Gasteiger partial charge in [-0.05, 0) is 18.6 Å². The summed E-state index contributed by atoms with van der Waals surface area (Å²) < 4.78 is 36.9. The summed E-state index contributed by atoms with van der Waals surface area (Å²) in [6.07, 6.45) is -4.18. The van der Waals surface area contributed by atoms with Gasteiger partial charge in [0.2, 0.25) is 0 Å².